The Hall–Kier alpha value is -2.29. The minimum atomic E-state index is -0.763. The summed E-state index contributed by atoms with van der Waals surface area (Å²) < 4.78 is 5.38. The second kappa shape index (κ2) is 5.73. The Morgan fingerprint density at radius 3 is 2.57 bits per heavy atom. The van der Waals surface area contributed by atoms with E-state index in [1.54, 1.807) is 7.11 Å². The highest BCUT2D eigenvalue weighted by Crippen LogP contribution is 2.44. The molecule has 0 heterocycles. The number of hydrogen-bond donors (Lipinski definition) is 1. The Balaban J connectivity index is 2.28. The molecule has 0 aromatic heterocycles. The van der Waals surface area contributed by atoms with Gasteiger partial charge in [-0.15, -0.1) is 0 Å². The van der Waals surface area contributed by atoms with Crippen LogP contribution in [0.2, 0.25) is 0 Å². The standard InChI is InChI=1S/C20H23NO2/c1-13-6-8-16(11-14(13)2)20(19(21)22)10-4-5-15-7-9-17(23-3)12-18(15)20/h6-9,11-12H,4-5,10H2,1-3H3,(H2,21,22). The lowest BCUT2D eigenvalue weighted by molar-refractivity contribution is -0.122. The number of primary amides is 1. The summed E-state index contributed by atoms with van der Waals surface area (Å²) >= 11 is 0. The molecule has 0 radical (unpaired) electrons. The molecule has 2 aromatic carbocycles. The molecule has 1 aliphatic rings. The first-order chi connectivity index (χ1) is 11.0. The van der Waals surface area contributed by atoms with Crippen LogP contribution >= 0.6 is 0 Å². The number of carbonyl (C=O) groups is 1. The second-order valence-corrected chi connectivity index (χ2v) is 6.45. The number of benzene rings is 2. The van der Waals surface area contributed by atoms with Crippen molar-refractivity contribution in [2.75, 3.05) is 7.11 Å². The molecule has 0 bridgehead atoms. The second-order valence-electron chi connectivity index (χ2n) is 6.45. The van der Waals surface area contributed by atoms with Crippen molar-refractivity contribution in [3.8, 4) is 5.75 Å². The lowest BCUT2D eigenvalue weighted by atomic mass is 9.65. The molecular weight excluding hydrogens is 286 g/mol. The molecule has 23 heavy (non-hydrogen) atoms. The maximum atomic E-state index is 12.6. The fourth-order valence-corrected chi connectivity index (χ4v) is 3.68. The zero-order valence-electron chi connectivity index (χ0n) is 14.0. The summed E-state index contributed by atoms with van der Waals surface area (Å²) in [6.07, 6.45) is 2.67. The highest BCUT2D eigenvalue weighted by atomic mass is 16.5. The van der Waals surface area contributed by atoms with Gasteiger partial charge in [0.2, 0.25) is 5.91 Å². The van der Waals surface area contributed by atoms with Crippen molar-refractivity contribution in [1.29, 1.82) is 0 Å². The largest absolute Gasteiger partial charge is 0.497 e. The van der Waals surface area contributed by atoms with Gasteiger partial charge in [-0.1, -0.05) is 24.3 Å². The van der Waals surface area contributed by atoms with Crippen LogP contribution in [0.25, 0.3) is 0 Å². The topological polar surface area (TPSA) is 52.3 Å². The molecule has 0 spiro atoms. The number of carbonyl (C=O) groups excluding carboxylic acids is 1. The van der Waals surface area contributed by atoms with Crippen LogP contribution in [0.15, 0.2) is 36.4 Å². The van der Waals surface area contributed by atoms with Gasteiger partial charge in [0, 0.05) is 0 Å². The summed E-state index contributed by atoms with van der Waals surface area (Å²) in [6.45, 7) is 4.15. The van der Waals surface area contributed by atoms with Crippen LogP contribution in [0.4, 0.5) is 0 Å². The Morgan fingerprint density at radius 2 is 1.91 bits per heavy atom. The molecule has 120 valence electrons. The average molecular weight is 309 g/mol. The van der Waals surface area contributed by atoms with Crippen molar-refractivity contribution in [2.45, 2.75) is 38.5 Å². The molecule has 1 aliphatic carbocycles. The third-order valence-electron chi connectivity index (χ3n) is 5.20. The van der Waals surface area contributed by atoms with Gasteiger partial charge in [0.25, 0.3) is 0 Å². The summed E-state index contributed by atoms with van der Waals surface area (Å²) in [5.41, 5.74) is 10.8. The molecule has 3 heteroatoms. The van der Waals surface area contributed by atoms with E-state index in [9.17, 15) is 4.79 Å². The smallest absolute Gasteiger partial charge is 0.232 e. The number of methoxy groups -OCH3 is 1. The number of nitrogens with two attached hydrogens (primary N) is 1. The van der Waals surface area contributed by atoms with Gasteiger partial charge < -0.3 is 10.5 Å². The predicted molar refractivity (Wildman–Crippen MR) is 91.8 cm³/mol. The fraction of sp³-hybridized carbons (Fsp3) is 0.350. The molecule has 2 N–H and O–H groups in total. The molecular formula is C20H23NO2. The van der Waals surface area contributed by atoms with Crippen molar-refractivity contribution in [3.63, 3.8) is 0 Å². The summed E-state index contributed by atoms with van der Waals surface area (Å²) in [5.74, 6) is 0.482. The molecule has 0 saturated carbocycles. The number of aryl methyl sites for hydroxylation is 3. The van der Waals surface area contributed by atoms with Crippen LogP contribution in [0.5, 0.6) is 5.75 Å². The van der Waals surface area contributed by atoms with Crippen LogP contribution in [-0.2, 0) is 16.6 Å². The Kier molecular flexibility index (Phi) is 3.88. The van der Waals surface area contributed by atoms with Gasteiger partial charge in [-0.05, 0) is 73.1 Å². The van der Waals surface area contributed by atoms with Gasteiger partial charge in [-0.25, -0.2) is 0 Å². The van der Waals surface area contributed by atoms with Crippen LogP contribution in [0.1, 0.15) is 40.7 Å². The summed E-state index contributed by atoms with van der Waals surface area (Å²) in [6, 6.07) is 12.2. The molecule has 3 nitrogen and oxygen atoms in total. The van der Waals surface area contributed by atoms with Crippen molar-refractivity contribution in [2.24, 2.45) is 5.73 Å². The molecule has 3 rings (SSSR count). The summed E-state index contributed by atoms with van der Waals surface area (Å²) in [5, 5.41) is 0. The van der Waals surface area contributed by atoms with Crippen molar-refractivity contribution < 1.29 is 9.53 Å². The maximum Gasteiger partial charge on any atom is 0.232 e. The van der Waals surface area contributed by atoms with Gasteiger partial charge in [0.1, 0.15) is 5.75 Å². The maximum absolute atomic E-state index is 12.6. The lowest BCUT2D eigenvalue weighted by Gasteiger charge is -2.37. The number of amides is 1. The van der Waals surface area contributed by atoms with E-state index in [0.29, 0.717) is 0 Å². The van der Waals surface area contributed by atoms with E-state index in [1.807, 2.05) is 18.2 Å². The van der Waals surface area contributed by atoms with E-state index in [2.05, 4.69) is 32.0 Å². The van der Waals surface area contributed by atoms with Crippen molar-refractivity contribution in [3.05, 3.63) is 64.2 Å². The number of rotatable bonds is 3. The first-order valence-corrected chi connectivity index (χ1v) is 8.04. The minimum absolute atomic E-state index is 0.282. The fourth-order valence-electron chi connectivity index (χ4n) is 3.68. The molecule has 0 aliphatic heterocycles. The molecule has 0 fully saturated rings. The highest BCUT2D eigenvalue weighted by Gasteiger charge is 2.43. The molecule has 2 aromatic rings. The van der Waals surface area contributed by atoms with E-state index in [-0.39, 0.29) is 5.91 Å². The van der Waals surface area contributed by atoms with Gasteiger partial charge in [-0.2, -0.15) is 0 Å². The van der Waals surface area contributed by atoms with Crippen molar-refractivity contribution in [1.82, 2.24) is 0 Å². The van der Waals surface area contributed by atoms with Gasteiger partial charge in [0.05, 0.1) is 12.5 Å². The predicted octanol–water partition coefficient (Wildman–Crippen LogP) is 3.42. The molecule has 0 saturated heterocycles. The summed E-state index contributed by atoms with van der Waals surface area (Å²) in [7, 11) is 1.65. The van der Waals surface area contributed by atoms with E-state index in [0.717, 1.165) is 36.1 Å². The summed E-state index contributed by atoms with van der Waals surface area (Å²) in [4.78, 5) is 12.6. The normalized spacial score (nSPS) is 20.0. The quantitative estimate of drug-likeness (QED) is 0.944. The third kappa shape index (κ3) is 2.40. The van der Waals surface area contributed by atoms with Gasteiger partial charge in [0.15, 0.2) is 0 Å². The first kappa shape index (κ1) is 15.6. The Labute approximate surface area is 137 Å². The SMILES string of the molecule is COc1ccc2c(c1)C(C(N)=O)(c1ccc(C)c(C)c1)CCC2. The Bertz CT molecular complexity index is 766. The molecule has 1 unspecified atom stereocenters. The van der Waals surface area contributed by atoms with Crippen LogP contribution in [-0.4, -0.2) is 13.0 Å². The number of fused-ring (bicyclic) bond motifs is 1. The van der Waals surface area contributed by atoms with Gasteiger partial charge in [-0.3, -0.25) is 4.79 Å². The van der Waals surface area contributed by atoms with E-state index >= 15 is 0 Å². The van der Waals surface area contributed by atoms with E-state index in [4.69, 9.17) is 10.5 Å². The van der Waals surface area contributed by atoms with E-state index < -0.39 is 5.41 Å². The average Bonchev–Trinajstić information content (AvgIpc) is 2.56. The highest BCUT2D eigenvalue weighted by molar-refractivity contribution is 5.91. The minimum Gasteiger partial charge on any atom is -0.497 e. The zero-order chi connectivity index (χ0) is 16.6. The van der Waals surface area contributed by atoms with Crippen LogP contribution < -0.4 is 10.5 Å². The molecule has 1 atom stereocenters. The monoisotopic (exact) mass is 309 g/mol. The van der Waals surface area contributed by atoms with E-state index in [1.165, 1.54) is 16.7 Å². The first-order valence-electron chi connectivity index (χ1n) is 8.04. The van der Waals surface area contributed by atoms with Crippen LogP contribution in [0, 0.1) is 13.8 Å². The third-order valence-corrected chi connectivity index (χ3v) is 5.20. The lowest BCUT2D eigenvalue weighted by Crippen LogP contribution is -2.44. The van der Waals surface area contributed by atoms with Gasteiger partial charge >= 0.3 is 0 Å². The van der Waals surface area contributed by atoms with Crippen molar-refractivity contribution >= 4 is 5.91 Å². The number of hydrogen-bond acceptors (Lipinski definition) is 2. The zero-order valence-corrected chi connectivity index (χ0v) is 14.0. The molecule has 1 amide bonds. The number of ether oxygens (including phenoxy) is 1. The van der Waals surface area contributed by atoms with Crippen LogP contribution in [0.3, 0.4) is 0 Å². The Morgan fingerprint density at radius 1 is 1.13 bits per heavy atom.